The summed E-state index contributed by atoms with van der Waals surface area (Å²) in [4.78, 5) is 14.5. The number of amides is 1. The van der Waals surface area contributed by atoms with E-state index in [2.05, 4.69) is 36.5 Å². The molecule has 0 bridgehead atoms. The molecule has 1 amide bonds. The molecule has 8 atom stereocenters. The first-order valence-corrected chi connectivity index (χ1v) is 22.9. The lowest BCUT2D eigenvalue weighted by atomic mass is 9.99. The van der Waals surface area contributed by atoms with Crippen molar-refractivity contribution in [3.63, 3.8) is 0 Å². The number of anilines is 2. The third-order valence-electron chi connectivity index (χ3n) is 10.8. The lowest BCUT2D eigenvalue weighted by Crippen LogP contribution is -2.63. The minimum Gasteiger partial charge on any atom is -0.394 e. The Hall–Kier alpha value is -5.58. The van der Waals surface area contributed by atoms with E-state index in [1.54, 1.807) is 54.7 Å². The van der Waals surface area contributed by atoms with Gasteiger partial charge in [0, 0.05) is 54.9 Å². The zero-order valence-corrected chi connectivity index (χ0v) is 38.3. The van der Waals surface area contributed by atoms with Gasteiger partial charge in [0.2, 0.25) is 0 Å². The number of azo groups is 1. The highest BCUT2D eigenvalue weighted by Gasteiger charge is 2.49. The average molecular weight is 968 g/mol. The summed E-state index contributed by atoms with van der Waals surface area (Å²) in [5.74, 6) is -0.322. The van der Waals surface area contributed by atoms with Crippen molar-refractivity contribution in [1.29, 1.82) is 0 Å². The van der Waals surface area contributed by atoms with Gasteiger partial charge in [-0.3, -0.25) is 14.7 Å². The van der Waals surface area contributed by atoms with Gasteiger partial charge < -0.3 is 65.1 Å². The number of rotatable bonds is 24. The van der Waals surface area contributed by atoms with Gasteiger partial charge in [-0.2, -0.15) is 18.6 Å². The standard InChI is InChI=1S/C44H57N9O14S/c1-44(60,42(59)46-19-18-45-34-8-4-7-33-32(34)6-5-9-36(33)68(61,62)63)43(67-41-39(57)38(56)37(55)35(26-54)66-41)65-23-22-64-21-20-53-25-30(50-51-53)24-47-40(58)27-10-12-28(13-11-27)48-49-29-14-16-31(17-15-29)52(2)3/h4-17,25,35,37-39,41-43,45-46,54-57,59-60H,18-24,26H2,1-3H3,(H,47,58)(H,61,62,63)/t35-,37+,38+,39-,41+,42?,43-,44+/m1/s1. The van der Waals surface area contributed by atoms with E-state index < -0.39 is 65.5 Å². The van der Waals surface area contributed by atoms with Crippen LogP contribution >= 0.6 is 0 Å². The monoisotopic (exact) mass is 967 g/mol. The van der Waals surface area contributed by atoms with Gasteiger partial charge in [0.05, 0.1) is 57.1 Å². The largest absolute Gasteiger partial charge is 0.394 e. The molecule has 0 radical (unpaired) electrons. The third-order valence-corrected chi connectivity index (χ3v) is 11.7. The number of carbonyl (C=O) groups excluding carboxylic acids is 1. The second kappa shape index (κ2) is 23.6. The fourth-order valence-electron chi connectivity index (χ4n) is 6.94. The van der Waals surface area contributed by atoms with Crippen molar-refractivity contribution in [1.82, 2.24) is 25.6 Å². The summed E-state index contributed by atoms with van der Waals surface area (Å²) >= 11 is 0. The van der Waals surface area contributed by atoms with E-state index in [-0.39, 0.29) is 56.8 Å². The molecule has 1 aromatic heterocycles. The van der Waals surface area contributed by atoms with Gasteiger partial charge >= 0.3 is 0 Å². The molecule has 0 aliphatic carbocycles. The van der Waals surface area contributed by atoms with E-state index in [9.17, 15) is 48.4 Å². The molecular weight excluding hydrogens is 911 g/mol. The van der Waals surface area contributed by atoms with Crippen molar-refractivity contribution in [3.8, 4) is 0 Å². The summed E-state index contributed by atoms with van der Waals surface area (Å²) in [5.41, 5.74) is 1.48. The van der Waals surface area contributed by atoms with Crippen LogP contribution in [0.25, 0.3) is 10.8 Å². The van der Waals surface area contributed by atoms with Gasteiger partial charge in [-0.25, -0.2) is 4.68 Å². The number of hydrogen-bond acceptors (Lipinski definition) is 20. The van der Waals surface area contributed by atoms with Gasteiger partial charge in [0.25, 0.3) is 16.0 Å². The van der Waals surface area contributed by atoms with Crippen LogP contribution in [0.15, 0.2) is 106 Å². The predicted octanol–water partition coefficient (Wildman–Crippen LogP) is 1.04. The Balaban J connectivity index is 0.967. The van der Waals surface area contributed by atoms with Crippen molar-refractivity contribution >= 4 is 49.5 Å². The highest BCUT2D eigenvalue weighted by Crippen LogP contribution is 2.30. The first-order chi connectivity index (χ1) is 32.5. The topological polar surface area (TPSA) is 324 Å². The first kappa shape index (κ1) is 51.8. The summed E-state index contributed by atoms with van der Waals surface area (Å²) in [6.45, 7) is 0.799. The van der Waals surface area contributed by atoms with Crippen molar-refractivity contribution in [2.24, 2.45) is 10.2 Å². The molecule has 1 aliphatic rings. The number of aliphatic hydroxyl groups is 6. The van der Waals surface area contributed by atoms with Crippen molar-refractivity contribution in [2.75, 3.05) is 63.8 Å². The summed E-state index contributed by atoms with van der Waals surface area (Å²) < 4.78 is 57.7. The van der Waals surface area contributed by atoms with E-state index in [4.69, 9.17) is 18.9 Å². The number of aromatic nitrogens is 3. The molecule has 368 valence electrons. The molecular formula is C44H57N9O14S. The molecule has 5 aromatic rings. The second-order valence-electron chi connectivity index (χ2n) is 16.1. The van der Waals surface area contributed by atoms with Crippen LogP contribution in [0.3, 0.4) is 0 Å². The van der Waals surface area contributed by atoms with E-state index in [1.165, 1.54) is 23.7 Å². The Morgan fingerprint density at radius 3 is 2.26 bits per heavy atom. The van der Waals surface area contributed by atoms with Crippen LogP contribution in [0.5, 0.6) is 0 Å². The van der Waals surface area contributed by atoms with E-state index in [1.807, 2.05) is 43.3 Å². The highest BCUT2D eigenvalue weighted by molar-refractivity contribution is 7.86. The molecule has 2 heterocycles. The van der Waals surface area contributed by atoms with Crippen LogP contribution in [-0.2, 0) is 42.2 Å². The molecule has 68 heavy (non-hydrogen) atoms. The zero-order chi connectivity index (χ0) is 49.0. The van der Waals surface area contributed by atoms with Gasteiger partial charge in [0.15, 0.2) is 18.2 Å². The molecule has 24 heteroatoms. The van der Waals surface area contributed by atoms with Crippen LogP contribution in [0.4, 0.5) is 22.7 Å². The number of hydrogen-bond donors (Lipinski definition) is 10. The molecule has 1 aliphatic heterocycles. The second-order valence-corrected chi connectivity index (χ2v) is 17.5. The molecule has 10 N–H and O–H groups in total. The van der Waals surface area contributed by atoms with Gasteiger partial charge in [-0.05, 0) is 67.6 Å². The number of ether oxygens (including phenoxy) is 4. The fraction of sp³-hybridized carbons (Fsp3) is 0.432. The van der Waals surface area contributed by atoms with Crippen LogP contribution in [-0.4, -0.2) is 167 Å². The molecule has 1 unspecified atom stereocenters. The Kier molecular flexibility index (Phi) is 18.0. The van der Waals surface area contributed by atoms with Gasteiger partial charge in [-0.15, -0.1) is 5.10 Å². The molecule has 6 rings (SSSR count). The van der Waals surface area contributed by atoms with Crippen LogP contribution in [0.1, 0.15) is 23.0 Å². The summed E-state index contributed by atoms with van der Waals surface area (Å²) in [6, 6.07) is 23.6. The summed E-state index contributed by atoms with van der Waals surface area (Å²) in [7, 11) is -0.583. The van der Waals surface area contributed by atoms with E-state index in [0.29, 0.717) is 39.1 Å². The lowest BCUT2D eigenvalue weighted by molar-refractivity contribution is -0.366. The average Bonchev–Trinajstić information content (AvgIpc) is 3.79. The number of benzene rings is 4. The maximum absolute atomic E-state index is 12.8. The number of fused-ring (bicyclic) bond motifs is 1. The maximum Gasteiger partial charge on any atom is 0.295 e. The maximum atomic E-state index is 12.8. The first-order valence-electron chi connectivity index (χ1n) is 21.4. The predicted molar refractivity (Wildman–Crippen MR) is 245 cm³/mol. The Bertz CT molecular complexity index is 2550. The minimum atomic E-state index is -4.49. The fourth-order valence-corrected chi connectivity index (χ4v) is 7.64. The van der Waals surface area contributed by atoms with Crippen LogP contribution < -0.4 is 20.9 Å². The Morgan fingerprint density at radius 1 is 0.912 bits per heavy atom. The molecule has 0 saturated carbocycles. The van der Waals surface area contributed by atoms with Crippen molar-refractivity contribution in [2.45, 2.75) is 73.7 Å². The quantitative estimate of drug-likeness (QED) is 0.0179. The van der Waals surface area contributed by atoms with Gasteiger partial charge in [0.1, 0.15) is 41.2 Å². The Labute approximate surface area is 391 Å². The van der Waals surface area contributed by atoms with E-state index >= 15 is 0 Å². The summed E-state index contributed by atoms with van der Waals surface area (Å²) in [5, 5.41) is 89.8. The molecule has 4 aromatic carbocycles. The van der Waals surface area contributed by atoms with E-state index in [0.717, 1.165) is 5.69 Å². The number of aliphatic hydroxyl groups excluding tert-OH is 5. The normalized spacial score (nSPS) is 20.5. The molecule has 0 spiro atoms. The van der Waals surface area contributed by atoms with Crippen molar-refractivity contribution < 1.29 is 67.4 Å². The Morgan fingerprint density at radius 2 is 1.59 bits per heavy atom. The molecule has 1 saturated heterocycles. The molecule has 1 fully saturated rings. The summed E-state index contributed by atoms with van der Waals surface area (Å²) in [6.07, 6.45) is -10.3. The number of nitrogens with one attached hydrogen (secondary N) is 3. The van der Waals surface area contributed by atoms with Crippen LogP contribution in [0.2, 0.25) is 0 Å². The SMILES string of the molecule is CN(C)c1ccc(N=Nc2ccc(C(=O)NCc3cn(CCOCCO[C@H](O[C@@H]4O[C@H](CO)[C@H](O)[C@H](O)[C@H]4O)[C@@](C)(O)C(O)NCCNc4cccc5c(S(=O)(=O)O)cccc45)nn3)cc2)cc1. The highest BCUT2D eigenvalue weighted by atomic mass is 32.2. The van der Waals surface area contributed by atoms with Crippen molar-refractivity contribution in [3.05, 3.63) is 102 Å². The smallest absolute Gasteiger partial charge is 0.295 e. The number of carbonyl (C=O) groups is 1. The number of nitrogens with zero attached hydrogens (tertiary/aromatic N) is 6. The third kappa shape index (κ3) is 13.6. The lowest BCUT2D eigenvalue weighted by Gasteiger charge is -2.43. The van der Waals surface area contributed by atoms with Gasteiger partial charge in [-0.1, -0.05) is 29.5 Å². The van der Waals surface area contributed by atoms with Crippen LogP contribution in [0, 0.1) is 0 Å². The minimum absolute atomic E-state index is 0.0221. The zero-order valence-electron chi connectivity index (χ0n) is 37.4. The molecule has 23 nitrogen and oxygen atoms in total.